The molecule has 0 saturated heterocycles. The highest BCUT2D eigenvalue weighted by molar-refractivity contribution is 9.11. The number of halogens is 2. The van der Waals surface area contributed by atoms with Crippen LogP contribution in [0.1, 0.15) is 5.56 Å². The van der Waals surface area contributed by atoms with Crippen LogP contribution in [0.4, 0.5) is 5.69 Å². The maximum Gasteiger partial charge on any atom is 0.271 e. The molecule has 0 radical (unpaired) electrons. The largest absolute Gasteiger partial charge is 0.506 e. The van der Waals surface area contributed by atoms with Crippen molar-refractivity contribution in [2.45, 2.75) is 11.1 Å². The number of hydrogen-bond acceptors (Lipinski definition) is 4. The van der Waals surface area contributed by atoms with Crippen molar-refractivity contribution in [1.82, 2.24) is 0 Å². The second-order valence-electron chi connectivity index (χ2n) is 3.81. The minimum atomic E-state index is -3.76. The van der Waals surface area contributed by atoms with Gasteiger partial charge in [0.15, 0.2) is 0 Å². The van der Waals surface area contributed by atoms with E-state index in [1.807, 2.05) is 0 Å². The molecule has 4 nitrogen and oxygen atoms in total. The summed E-state index contributed by atoms with van der Waals surface area (Å²) in [5.41, 5.74) is 0.974. The molecule has 0 aliphatic rings. The molecule has 8 heteroatoms. The van der Waals surface area contributed by atoms with Crippen molar-refractivity contribution >= 4 is 54.6 Å². The molecular weight excluding hydrogens is 374 g/mol. The first-order valence-electron chi connectivity index (χ1n) is 5.07. The van der Waals surface area contributed by atoms with Crippen LogP contribution in [-0.2, 0) is 10.0 Å². The normalized spacial score (nSPS) is 11.5. The zero-order valence-electron chi connectivity index (χ0n) is 9.65. The number of hydrogen-bond donors (Lipinski definition) is 2. The van der Waals surface area contributed by atoms with Gasteiger partial charge in [0.2, 0.25) is 0 Å². The lowest BCUT2D eigenvalue weighted by Gasteiger charge is -2.08. The molecule has 0 amide bonds. The van der Waals surface area contributed by atoms with E-state index < -0.39 is 10.0 Å². The molecule has 2 rings (SSSR count). The first-order chi connectivity index (χ1) is 8.79. The fourth-order valence-electron chi connectivity index (χ4n) is 1.39. The summed E-state index contributed by atoms with van der Waals surface area (Å²) in [6, 6.07) is 6.03. The lowest BCUT2D eigenvalue weighted by atomic mass is 10.2. The Balaban J connectivity index is 2.39. The van der Waals surface area contributed by atoms with Crippen LogP contribution in [0.2, 0.25) is 5.02 Å². The Bertz CT molecular complexity index is 708. The van der Waals surface area contributed by atoms with E-state index in [-0.39, 0.29) is 15.6 Å². The maximum atomic E-state index is 12.1. The smallest absolute Gasteiger partial charge is 0.271 e. The Kier molecular flexibility index (Phi) is 4.10. The topological polar surface area (TPSA) is 66.4 Å². The standard InChI is InChI=1S/C11H9BrClNO3S2/c1-6-2-3-9(15)8(4-6)14-19(16,17)10-5-7(13)11(12)18-10/h2-5,14-15H,1H3. The Morgan fingerprint density at radius 3 is 2.63 bits per heavy atom. The predicted octanol–water partition coefficient (Wildman–Crippen LogP) is 3.98. The number of aromatic hydroxyl groups is 1. The third kappa shape index (κ3) is 3.22. The number of thiophene rings is 1. The van der Waals surface area contributed by atoms with Crippen LogP contribution in [0.3, 0.4) is 0 Å². The molecule has 0 atom stereocenters. The van der Waals surface area contributed by atoms with Crippen LogP contribution in [0.15, 0.2) is 32.3 Å². The second-order valence-corrected chi connectivity index (χ2v) is 8.50. The summed E-state index contributed by atoms with van der Waals surface area (Å²) in [6.07, 6.45) is 0. The fraction of sp³-hybridized carbons (Fsp3) is 0.0909. The molecule has 0 spiro atoms. The minimum absolute atomic E-state index is 0.0743. The SMILES string of the molecule is Cc1ccc(O)c(NS(=O)(=O)c2cc(Cl)c(Br)s2)c1. The van der Waals surface area contributed by atoms with Crippen LogP contribution < -0.4 is 4.72 Å². The highest BCUT2D eigenvalue weighted by Gasteiger charge is 2.20. The van der Waals surface area contributed by atoms with Crippen LogP contribution in [0, 0.1) is 6.92 Å². The van der Waals surface area contributed by atoms with Gasteiger partial charge in [0.05, 0.1) is 14.5 Å². The molecule has 2 aromatic rings. The van der Waals surface area contributed by atoms with Crippen molar-refractivity contribution in [3.8, 4) is 5.75 Å². The van der Waals surface area contributed by atoms with Crippen molar-refractivity contribution in [2.24, 2.45) is 0 Å². The number of phenols is 1. The summed E-state index contributed by atoms with van der Waals surface area (Å²) in [5.74, 6) is -0.129. The van der Waals surface area contributed by atoms with Crippen LogP contribution >= 0.6 is 38.9 Å². The molecule has 0 aliphatic carbocycles. The quantitative estimate of drug-likeness (QED) is 0.789. The monoisotopic (exact) mass is 381 g/mol. The molecule has 0 bridgehead atoms. The van der Waals surface area contributed by atoms with E-state index in [1.54, 1.807) is 19.1 Å². The lowest BCUT2D eigenvalue weighted by Crippen LogP contribution is -2.11. The van der Waals surface area contributed by atoms with Crippen LogP contribution in [-0.4, -0.2) is 13.5 Å². The zero-order chi connectivity index (χ0) is 14.2. The van der Waals surface area contributed by atoms with Gasteiger partial charge in [0.1, 0.15) is 9.96 Å². The molecule has 19 heavy (non-hydrogen) atoms. The van der Waals surface area contributed by atoms with Crippen molar-refractivity contribution in [3.63, 3.8) is 0 Å². The van der Waals surface area contributed by atoms with E-state index in [9.17, 15) is 13.5 Å². The van der Waals surface area contributed by atoms with Gasteiger partial charge >= 0.3 is 0 Å². The summed E-state index contributed by atoms with van der Waals surface area (Å²) >= 11 is 9.99. The molecule has 1 aromatic carbocycles. The number of aryl methyl sites for hydroxylation is 1. The molecule has 0 saturated carbocycles. The van der Waals surface area contributed by atoms with Gasteiger partial charge in [-0.2, -0.15) is 0 Å². The molecule has 0 unspecified atom stereocenters. The van der Waals surface area contributed by atoms with Crippen molar-refractivity contribution in [2.75, 3.05) is 4.72 Å². The first kappa shape index (κ1) is 14.6. The van der Waals surface area contributed by atoms with Gasteiger partial charge in [-0.05, 0) is 46.6 Å². The van der Waals surface area contributed by atoms with Gasteiger partial charge in [-0.1, -0.05) is 17.7 Å². The molecule has 102 valence electrons. The number of nitrogens with one attached hydrogen (secondary N) is 1. The van der Waals surface area contributed by atoms with Crippen LogP contribution in [0.5, 0.6) is 5.75 Å². The summed E-state index contributed by atoms with van der Waals surface area (Å²) < 4.78 is 27.2. The Hall–Kier alpha value is -0.760. The van der Waals surface area contributed by atoms with Gasteiger partial charge in [0, 0.05) is 0 Å². The zero-order valence-corrected chi connectivity index (χ0v) is 13.6. The van der Waals surface area contributed by atoms with Crippen molar-refractivity contribution in [1.29, 1.82) is 0 Å². The summed E-state index contributed by atoms with van der Waals surface area (Å²) in [5, 5.41) is 9.98. The number of benzene rings is 1. The average Bonchev–Trinajstić information content (AvgIpc) is 2.65. The highest BCUT2D eigenvalue weighted by atomic mass is 79.9. The fourth-order valence-corrected chi connectivity index (χ4v) is 4.85. The molecule has 0 aliphatic heterocycles. The summed E-state index contributed by atoms with van der Waals surface area (Å²) in [6.45, 7) is 1.80. The van der Waals surface area contributed by atoms with Gasteiger partial charge in [0.25, 0.3) is 10.0 Å². The van der Waals surface area contributed by atoms with E-state index in [0.717, 1.165) is 16.9 Å². The molecule has 0 fully saturated rings. The van der Waals surface area contributed by atoms with E-state index in [4.69, 9.17) is 11.6 Å². The number of phenolic OH excluding ortho intramolecular Hbond substituents is 1. The maximum absolute atomic E-state index is 12.1. The average molecular weight is 383 g/mol. The highest BCUT2D eigenvalue weighted by Crippen LogP contribution is 2.36. The first-order valence-corrected chi connectivity index (χ1v) is 8.54. The van der Waals surface area contributed by atoms with E-state index in [2.05, 4.69) is 20.7 Å². The van der Waals surface area contributed by atoms with E-state index in [1.165, 1.54) is 12.1 Å². The molecule has 1 heterocycles. The van der Waals surface area contributed by atoms with Gasteiger partial charge in [-0.25, -0.2) is 8.42 Å². The summed E-state index contributed by atoms with van der Waals surface area (Å²) in [7, 11) is -3.76. The summed E-state index contributed by atoms with van der Waals surface area (Å²) in [4.78, 5) is 0. The lowest BCUT2D eigenvalue weighted by molar-refractivity contribution is 0.477. The number of anilines is 1. The van der Waals surface area contributed by atoms with E-state index >= 15 is 0 Å². The van der Waals surface area contributed by atoms with Gasteiger partial charge in [-0.15, -0.1) is 11.3 Å². The Morgan fingerprint density at radius 2 is 2.05 bits per heavy atom. The second kappa shape index (κ2) is 5.32. The van der Waals surface area contributed by atoms with Gasteiger partial charge < -0.3 is 5.11 Å². The third-order valence-corrected chi connectivity index (χ3v) is 6.60. The Morgan fingerprint density at radius 1 is 1.37 bits per heavy atom. The Labute approximate surface area is 128 Å². The van der Waals surface area contributed by atoms with Gasteiger partial charge in [-0.3, -0.25) is 4.72 Å². The molecule has 1 aromatic heterocycles. The molecular formula is C11H9BrClNO3S2. The number of rotatable bonds is 3. The van der Waals surface area contributed by atoms with Crippen LogP contribution in [0.25, 0.3) is 0 Å². The van der Waals surface area contributed by atoms with E-state index in [0.29, 0.717) is 8.81 Å². The predicted molar refractivity (Wildman–Crippen MR) is 80.7 cm³/mol. The van der Waals surface area contributed by atoms with Crippen molar-refractivity contribution < 1.29 is 13.5 Å². The third-order valence-electron chi connectivity index (χ3n) is 2.28. The molecule has 2 N–H and O–H groups in total. The number of sulfonamides is 1. The minimum Gasteiger partial charge on any atom is -0.506 e. The van der Waals surface area contributed by atoms with Crippen molar-refractivity contribution in [3.05, 3.63) is 38.6 Å².